The molecule has 0 spiro atoms. The molecule has 8 heteroatoms. The Kier molecular flexibility index (Phi) is 9.86. The Morgan fingerprint density at radius 1 is 1.21 bits per heavy atom. The van der Waals surface area contributed by atoms with E-state index in [2.05, 4.69) is 79.6 Å². The van der Waals surface area contributed by atoms with Crippen molar-refractivity contribution in [2.45, 2.75) is 58.3 Å². The second-order valence-corrected chi connectivity index (χ2v) is 7.53. The maximum atomic E-state index is 4.34. The molecule has 29 heavy (non-hydrogen) atoms. The largest absolute Gasteiger partial charge is 0.356 e. The minimum absolute atomic E-state index is 0. The molecule has 2 aromatic rings. The minimum Gasteiger partial charge on any atom is -0.356 e. The molecule has 0 saturated heterocycles. The van der Waals surface area contributed by atoms with Gasteiger partial charge in [0.25, 0.3) is 0 Å². The smallest absolute Gasteiger partial charge is 0.191 e. The summed E-state index contributed by atoms with van der Waals surface area (Å²) in [6.45, 7) is 5.78. The zero-order valence-electron chi connectivity index (χ0n) is 17.8. The van der Waals surface area contributed by atoms with Crippen LogP contribution in [0, 0.1) is 0 Å². The summed E-state index contributed by atoms with van der Waals surface area (Å²) in [5.41, 5.74) is 1.35. The second-order valence-electron chi connectivity index (χ2n) is 7.53. The highest BCUT2D eigenvalue weighted by molar-refractivity contribution is 14.0. The van der Waals surface area contributed by atoms with Gasteiger partial charge in [0.15, 0.2) is 11.8 Å². The lowest BCUT2D eigenvalue weighted by molar-refractivity contribution is 0.238. The molecule has 0 bridgehead atoms. The first kappa shape index (κ1) is 23.6. The number of fused-ring (bicyclic) bond motifs is 1. The Hall–Kier alpha value is -1.68. The summed E-state index contributed by atoms with van der Waals surface area (Å²) >= 11 is 0. The van der Waals surface area contributed by atoms with Crippen LogP contribution in [0.3, 0.4) is 0 Å². The summed E-state index contributed by atoms with van der Waals surface area (Å²) in [4.78, 5) is 6.72. The van der Waals surface area contributed by atoms with Crippen molar-refractivity contribution in [3.05, 3.63) is 47.5 Å². The summed E-state index contributed by atoms with van der Waals surface area (Å²) in [5.74, 6) is 2.92. The van der Waals surface area contributed by atoms with E-state index < -0.39 is 0 Å². The SMILES string of the molecule is CN=C(NCCC(C)N(C)Cc1ccccc1)NCc1nnc2n1CCCC2.I. The maximum Gasteiger partial charge on any atom is 0.191 e. The van der Waals surface area contributed by atoms with E-state index in [-0.39, 0.29) is 24.0 Å². The fourth-order valence-electron chi connectivity index (χ4n) is 3.53. The summed E-state index contributed by atoms with van der Waals surface area (Å²) in [6, 6.07) is 11.1. The lowest BCUT2D eigenvalue weighted by atomic mass is 10.1. The number of nitrogens with one attached hydrogen (secondary N) is 2. The molecule has 1 aliphatic heterocycles. The molecule has 0 amide bonds. The highest BCUT2D eigenvalue weighted by Gasteiger charge is 2.15. The van der Waals surface area contributed by atoms with Crippen molar-refractivity contribution in [1.29, 1.82) is 0 Å². The van der Waals surface area contributed by atoms with Crippen molar-refractivity contribution in [2.75, 3.05) is 20.6 Å². The van der Waals surface area contributed by atoms with Crippen molar-refractivity contribution in [1.82, 2.24) is 30.3 Å². The second kappa shape index (κ2) is 12.1. The molecule has 160 valence electrons. The zero-order chi connectivity index (χ0) is 19.8. The summed E-state index contributed by atoms with van der Waals surface area (Å²) in [6.07, 6.45) is 4.50. The molecule has 1 aromatic heterocycles. The first-order chi connectivity index (χ1) is 13.7. The number of halogens is 1. The van der Waals surface area contributed by atoms with Gasteiger partial charge in [0.2, 0.25) is 0 Å². The summed E-state index contributed by atoms with van der Waals surface area (Å²) in [7, 11) is 3.98. The van der Waals surface area contributed by atoms with E-state index in [1.54, 1.807) is 7.05 Å². The first-order valence-corrected chi connectivity index (χ1v) is 10.3. The average Bonchev–Trinajstić information content (AvgIpc) is 3.14. The van der Waals surface area contributed by atoms with E-state index >= 15 is 0 Å². The molecule has 1 aromatic carbocycles. The van der Waals surface area contributed by atoms with Crippen molar-refractivity contribution >= 4 is 29.9 Å². The van der Waals surface area contributed by atoms with Gasteiger partial charge in [-0.25, -0.2) is 0 Å². The highest BCUT2D eigenvalue weighted by Crippen LogP contribution is 2.14. The van der Waals surface area contributed by atoms with Crippen LogP contribution in [0.25, 0.3) is 0 Å². The summed E-state index contributed by atoms with van der Waals surface area (Å²) in [5, 5.41) is 15.4. The third-order valence-electron chi connectivity index (χ3n) is 5.46. The minimum atomic E-state index is 0. The molecule has 0 radical (unpaired) electrons. The zero-order valence-corrected chi connectivity index (χ0v) is 20.1. The fourth-order valence-corrected chi connectivity index (χ4v) is 3.53. The van der Waals surface area contributed by atoms with E-state index in [1.165, 1.54) is 18.4 Å². The van der Waals surface area contributed by atoms with Crippen LogP contribution in [0.4, 0.5) is 0 Å². The molecule has 1 unspecified atom stereocenters. The molecule has 0 saturated carbocycles. The van der Waals surface area contributed by atoms with Gasteiger partial charge in [0.05, 0.1) is 6.54 Å². The standard InChI is InChI=1S/C21H33N7.HI/c1-17(27(3)16-18-9-5-4-6-10-18)12-13-23-21(22-2)24-15-20-26-25-19-11-7-8-14-28(19)20;/h4-6,9-10,17H,7-8,11-16H2,1-3H3,(H2,22,23,24);1H. The number of rotatable bonds is 8. The van der Waals surface area contributed by atoms with E-state index in [4.69, 9.17) is 0 Å². The van der Waals surface area contributed by atoms with E-state index in [1.807, 2.05) is 0 Å². The Morgan fingerprint density at radius 3 is 2.76 bits per heavy atom. The lowest BCUT2D eigenvalue weighted by Gasteiger charge is -2.25. The van der Waals surface area contributed by atoms with Crippen LogP contribution < -0.4 is 10.6 Å². The number of aromatic nitrogens is 3. The number of nitrogens with zero attached hydrogens (tertiary/aromatic N) is 5. The van der Waals surface area contributed by atoms with Crippen molar-refractivity contribution in [3.63, 3.8) is 0 Å². The Morgan fingerprint density at radius 2 is 2.00 bits per heavy atom. The number of guanidine groups is 1. The van der Waals surface area contributed by atoms with E-state index in [9.17, 15) is 0 Å². The fraction of sp³-hybridized carbons (Fsp3) is 0.571. The van der Waals surface area contributed by atoms with Crippen LogP contribution in [0.2, 0.25) is 0 Å². The molecule has 3 rings (SSSR count). The Labute approximate surface area is 191 Å². The number of hydrogen-bond donors (Lipinski definition) is 2. The van der Waals surface area contributed by atoms with Crippen molar-refractivity contribution < 1.29 is 0 Å². The van der Waals surface area contributed by atoms with E-state index in [0.29, 0.717) is 12.6 Å². The van der Waals surface area contributed by atoms with Gasteiger partial charge < -0.3 is 15.2 Å². The predicted octanol–water partition coefficient (Wildman–Crippen LogP) is 2.81. The highest BCUT2D eigenvalue weighted by atomic mass is 127. The molecule has 2 heterocycles. The predicted molar refractivity (Wildman–Crippen MR) is 129 cm³/mol. The first-order valence-electron chi connectivity index (χ1n) is 10.3. The van der Waals surface area contributed by atoms with Gasteiger partial charge in [0, 0.05) is 39.1 Å². The number of aryl methyl sites for hydroxylation is 1. The molecule has 7 nitrogen and oxygen atoms in total. The third kappa shape index (κ3) is 6.95. The lowest BCUT2D eigenvalue weighted by Crippen LogP contribution is -2.40. The number of benzene rings is 1. The molecular weight excluding hydrogens is 477 g/mol. The third-order valence-corrected chi connectivity index (χ3v) is 5.46. The van der Waals surface area contributed by atoms with E-state index in [0.717, 1.165) is 50.1 Å². The molecule has 0 aliphatic carbocycles. The van der Waals surface area contributed by atoms with Crippen LogP contribution in [0.1, 0.15) is 43.4 Å². The summed E-state index contributed by atoms with van der Waals surface area (Å²) < 4.78 is 2.24. The maximum absolute atomic E-state index is 4.34. The Balaban J connectivity index is 0.00000300. The van der Waals surface area contributed by atoms with Gasteiger partial charge in [0.1, 0.15) is 5.82 Å². The quantitative estimate of drug-likeness (QED) is 0.324. The number of aliphatic imine (C=N–C) groups is 1. The molecule has 0 fully saturated rings. The Bertz CT molecular complexity index is 760. The molecule has 2 N–H and O–H groups in total. The number of hydrogen-bond acceptors (Lipinski definition) is 4. The van der Waals surface area contributed by atoms with Gasteiger partial charge in [-0.05, 0) is 38.8 Å². The normalized spacial score (nSPS) is 14.8. The topological polar surface area (TPSA) is 70.4 Å². The molecule has 1 atom stereocenters. The van der Waals surface area contributed by atoms with Gasteiger partial charge in [-0.1, -0.05) is 30.3 Å². The van der Waals surface area contributed by atoms with Crippen LogP contribution in [-0.4, -0.2) is 52.3 Å². The van der Waals surface area contributed by atoms with Gasteiger partial charge in [-0.3, -0.25) is 9.89 Å². The van der Waals surface area contributed by atoms with Crippen LogP contribution >= 0.6 is 24.0 Å². The van der Waals surface area contributed by atoms with Crippen LogP contribution in [0.15, 0.2) is 35.3 Å². The monoisotopic (exact) mass is 511 g/mol. The van der Waals surface area contributed by atoms with Crippen molar-refractivity contribution in [2.24, 2.45) is 4.99 Å². The molecular formula is C21H34IN7. The van der Waals surface area contributed by atoms with Gasteiger partial charge >= 0.3 is 0 Å². The average molecular weight is 511 g/mol. The van der Waals surface area contributed by atoms with Gasteiger partial charge in [-0.15, -0.1) is 34.2 Å². The molecule has 1 aliphatic rings. The van der Waals surface area contributed by atoms with Crippen LogP contribution in [0.5, 0.6) is 0 Å². The van der Waals surface area contributed by atoms with Crippen LogP contribution in [-0.2, 0) is 26.1 Å². The van der Waals surface area contributed by atoms with Crippen molar-refractivity contribution in [3.8, 4) is 0 Å². The van der Waals surface area contributed by atoms with Gasteiger partial charge in [-0.2, -0.15) is 0 Å².